The van der Waals surface area contributed by atoms with Crippen LogP contribution in [0.4, 0.5) is 18.9 Å². The predicted molar refractivity (Wildman–Crippen MR) is 97.3 cm³/mol. The molecule has 0 radical (unpaired) electrons. The summed E-state index contributed by atoms with van der Waals surface area (Å²) in [7, 11) is 0. The number of benzene rings is 2. The van der Waals surface area contributed by atoms with E-state index in [1.54, 1.807) is 0 Å². The van der Waals surface area contributed by atoms with Gasteiger partial charge in [-0.15, -0.1) is 0 Å². The highest BCUT2D eigenvalue weighted by Crippen LogP contribution is 2.35. The molecule has 0 heterocycles. The molecule has 1 amide bonds. The zero-order valence-electron chi connectivity index (χ0n) is 15.4. The fourth-order valence-electron chi connectivity index (χ4n) is 2.22. The zero-order chi connectivity index (χ0) is 21.4. The Morgan fingerprint density at radius 2 is 1.83 bits per heavy atom. The standard InChI is InChI=1S/C20H17F3N2O4/c1-2-9-28-17-8-7-15(20(21,22)23)10-16(17)25-18(26)12-29-19(27)14-5-3-13(11-24)4-6-14/h3-8,10H,2,9,12H2,1H3,(H,25,26). The molecule has 29 heavy (non-hydrogen) atoms. The number of hydrogen-bond acceptors (Lipinski definition) is 5. The fraction of sp³-hybridized carbons (Fsp3) is 0.250. The van der Waals surface area contributed by atoms with Crippen LogP contribution >= 0.6 is 0 Å². The van der Waals surface area contributed by atoms with Crippen LogP contribution in [0.2, 0.25) is 0 Å². The molecule has 152 valence electrons. The molecule has 0 bridgehead atoms. The topological polar surface area (TPSA) is 88.4 Å². The van der Waals surface area contributed by atoms with Gasteiger partial charge in [0.1, 0.15) is 5.75 Å². The Hall–Kier alpha value is -3.54. The molecule has 0 aliphatic heterocycles. The van der Waals surface area contributed by atoms with Crippen molar-refractivity contribution >= 4 is 17.6 Å². The molecular weight excluding hydrogens is 389 g/mol. The van der Waals surface area contributed by atoms with Crippen molar-refractivity contribution in [3.63, 3.8) is 0 Å². The smallest absolute Gasteiger partial charge is 0.416 e. The summed E-state index contributed by atoms with van der Waals surface area (Å²) in [5.41, 5.74) is -0.648. The SMILES string of the molecule is CCCOc1ccc(C(F)(F)F)cc1NC(=O)COC(=O)c1ccc(C#N)cc1. The van der Waals surface area contributed by atoms with Crippen molar-refractivity contribution in [3.05, 3.63) is 59.2 Å². The number of ether oxygens (including phenoxy) is 2. The van der Waals surface area contributed by atoms with E-state index < -0.39 is 30.2 Å². The number of nitrogens with one attached hydrogen (secondary N) is 1. The summed E-state index contributed by atoms with van der Waals surface area (Å²) in [6.07, 6.45) is -3.97. The van der Waals surface area contributed by atoms with Gasteiger partial charge >= 0.3 is 12.1 Å². The second kappa shape index (κ2) is 9.59. The maximum Gasteiger partial charge on any atom is 0.416 e. The van der Waals surface area contributed by atoms with Crippen molar-refractivity contribution in [2.75, 3.05) is 18.5 Å². The molecule has 9 heteroatoms. The summed E-state index contributed by atoms with van der Waals surface area (Å²) in [5, 5.41) is 11.0. The van der Waals surface area contributed by atoms with Crippen molar-refractivity contribution in [1.29, 1.82) is 5.26 Å². The van der Waals surface area contributed by atoms with Gasteiger partial charge in [0.15, 0.2) is 6.61 Å². The van der Waals surface area contributed by atoms with Crippen LogP contribution in [0.15, 0.2) is 42.5 Å². The lowest BCUT2D eigenvalue weighted by Crippen LogP contribution is -2.21. The Morgan fingerprint density at radius 3 is 2.41 bits per heavy atom. The molecule has 0 fully saturated rings. The number of amides is 1. The molecule has 0 aromatic heterocycles. The lowest BCUT2D eigenvalue weighted by Gasteiger charge is -2.15. The number of hydrogen-bond donors (Lipinski definition) is 1. The number of alkyl halides is 3. The van der Waals surface area contributed by atoms with Crippen molar-refractivity contribution < 1.29 is 32.2 Å². The van der Waals surface area contributed by atoms with E-state index in [0.29, 0.717) is 12.0 Å². The van der Waals surface area contributed by atoms with Crippen molar-refractivity contribution in [1.82, 2.24) is 0 Å². The average Bonchev–Trinajstić information content (AvgIpc) is 2.70. The van der Waals surface area contributed by atoms with Gasteiger partial charge in [-0.2, -0.15) is 18.4 Å². The number of carbonyl (C=O) groups is 2. The molecular formula is C20H17F3N2O4. The highest BCUT2D eigenvalue weighted by atomic mass is 19.4. The lowest BCUT2D eigenvalue weighted by molar-refractivity contribution is -0.137. The summed E-state index contributed by atoms with van der Waals surface area (Å²) in [6.45, 7) is 1.37. The molecule has 2 aromatic carbocycles. The van der Waals surface area contributed by atoms with Crippen LogP contribution in [0.3, 0.4) is 0 Å². The third-order valence-corrected chi connectivity index (χ3v) is 3.63. The van der Waals surface area contributed by atoms with Crippen LogP contribution in [0.25, 0.3) is 0 Å². The number of nitrogens with zero attached hydrogens (tertiary/aromatic N) is 1. The number of carbonyl (C=O) groups excluding carboxylic acids is 2. The molecule has 0 spiro atoms. The maximum atomic E-state index is 12.9. The van der Waals surface area contributed by atoms with Crippen molar-refractivity contribution in [2.24, 2.45) is 0 Å². The highest BCUT2D eigenvalue weighted by molar-refractivity contribution is 5.96. The molecule has 0 aliphatic carbocycles. The van der Waals surface area contributed by atoms with Crippen LogP contribution in [-0.4, -0.2) is 25.1 Å². The summed E-state index contributed by atoms with van der Waals surface area (Å²) in [4.78, 5) is 24.0. The second-order valence-electron chi connectivity index (χ2n) is 5.87. The van der Waals surface area contributed by atoms with E-state index in [2.05, 4.69) is 5.32 Å². The molecule has 2 rings (SSSR count). The number of rotatable bonds is 7. The molecule has 0 unspecified atom stereocenters. The summed E-state index contributed by atoms with van der Waals surface area (Å²) in [6, 6.07) is 10.2. The zero-order valence-corrected chi connectivity index (χ0v) is 15.4. The number of esters is 1. The predicted octanol–water partition coefficient (Wildman–Crippen LogP) is 4.16. The quantitative estimate of drug-likeness (QED) is 0.698. The normalized spacial score (nSPS) is 10.7. The number of nitriles is 1. The number of anilines is 1. The molecule has 1 N–H and O–H groups in total. The van der Waals surface area contributed by atoms with E-state index in [1.165, 1.54) is 24.3 Å². The summed E-state index contributed by atoms with van der Waals surface area (Å²) < 4.78 is 49.0. The van der Waals surface area contributed by atoms with Gasteiger partial charge < -0.3 is 14.8 Å². The maximum absolute atomic E-state index is 12.9. The first-order valence-corrected chi connectivity index (χ1v) is 8.55. The van der Waals surface area contributed by atoms with Crippen LogP contribution in [0.5, 0.6) is 5.75 Å². The molecule has 0 saturated heterocycles. The fourth-order valence-corrected chi connectivity index (χ4v) is 2.22. The third-order valence-electron chi connectivity index (χ3n) is 3.63. The van der Waals surface area contributed by atoms with Gasteiger partial charge in [-0.25, -0.2) is 4.79 Å². The Balaban J connectivity index is 2.06. The van der Waals surface area contributed by atoms with Gasteiger partial charge in [0.25, 0.3) is 5.91 Å². The largest absolute Gasteiger partial charge is 0.491 e. The van der Waals surface area contributed by atoms with Gasteiger partial charge in [0, 0.05) is 0 Å². The minimum atomic E-state index is -4.59. The Bertz CT molecular complexity index is 919. The van der Waals surface area contributed by atoms with E-state index in [9.17, 15) is 22.8 Å². The van der Waals surface area contributed by atoms with Crippen molar-refractivity contribution in [3.8, 4) is 11.8 Å². The van der Waals surface area contributed by atoms with Gasteiger partial charge in [0.2, 0.25) is 0 Å². The first-order chi connectivity index (χ1) is 13.7. The first-order valence-electron chi connectivity index (χ1n) is 8.55. The van der Waals surface area contributed by atoms with Gasteiger partial charge in [0.05, 0.1) is 35.1 Å². The van der Waals surface area contributed by atoms with E-state index in [4.69, 9.17) is 14.7 Å². The monoisotopic (exact) mass is 406 g/mol. The minimum Gasteiger partial charge on any atom is -0.491 e. The summed E-state index contributed by atoms with van der Waals surface area (Å²) >= 11 is 0. The minimum absolute atomic E-state index is 0.0756. The van der Waals surface area contributed by atoms with Crippen molar-refractivity contribution in [2.45, 2.75) is 19.5 Å². The van der Waals surface area contributed by atoms with Crippen LogP contribution in [0.1, 0.15) is 34.8 Å². The van der Waals surface area contributed by atoms with Crippen LogP contribution in [0, 0.1) is 11.3 Å². The van der Waals surface area contributed by atoms with E-state index in [-0.39, 0.29) is 23.6 Å². The highest BCUT2D eigenvalue weighted by Gasteiger charge is 2.31. The first kappa shape index (κ1) is 21.8. The van der Waals surface area contributed by atoms with Crippen LogP contribution < -0.4 is 10.1 Å². The molecule has 0 aliphatic rings. The lowest BCUT2D eigenvalue weighted by atomic mass is 10.1. The number of halogens is 3. The Labute approximate surface area is 164 Å². The van der Waals surface area contributed by atoms with Crippen LogP contribution in [-0.2, 0) is 15.7 Å². The molecule has 6 nitrogen and oxygen atoms in total. The summed E-state index contributed by atoms with van der Waals surface area (Å²) in [5.74, 6) is -1.56. The Kier molecular flexibility index (Phi) is 7.20. The van der Waals surface area contributed by atoms with Gasteiger partial charge in [-0.05, 0) is 48.9 Å². The average molecular weight is 406 g/mol. The van der Waals surface area contributed by atoms with Gasteiger partial charge in [-0.1, -0.05) is 6.92 Å². The second-order valence-corrected chi connectivity index (χ2v) is 5.87. The van der Waals surface area contributed by atoms with E-state index in [0.717, 1.165) is 18.2 Å². The van der Waals surface area contributed by atoms with Gasteiger partial charge in [-0.3, -0.25) is 4.79 Å². The third kappa shape index (κ3) is 6.24. The Morgan fingerprint density at radius 1 is 1.14 bits per heavy atom. The molecule has 0 atom stereocenters. The van der Waals surface area contributed by atoms with E-state index >= 15 is 0 Å². The molecule has 0 saturated carbocycles. The molecule has 2 aromatic rings. The van der Waals surface area contributed by atoms with E-state index in [1.807, 2.05) is 13.0 Å².